The molecule has 1 aliphatic carbocycles. The van der Waals surface area contributed by atoms with E-state index < -0.39 is 5.41 Å². The van der Waals surface area contributed by atoms with Gasteiger partial charge < -0.3 is 10.2 Å². The Bertz CT molecular complexity index is 1200. The summed E-state index contributed by atoms with van der Waals surface area (Å²) in [5.41, 5.74) is 4.79. The number of hydrogen-bond donors (Lipinski definition) is 2. The second kappa shape index (κ2) is 7.77. The Morgan fingerprint density at radius 1 is 0.645 bits per heavy atom. The van der Waals surface area contributed by atoms with Crippen molar-refractivity contribution in [3.8, 4) is 0 Å². The van der Waals surface area contributed by atoms with Crippen LogP contribution in [0.1, 0.15) is 38.2 Å². The second-order valence-electron chi connectivity index (χ2n) is 8.13. The van der Waals surface area contributed by atoms with Crippen LogP contribution in [0.25, 0.3) is 10.8 Å². The van der Waals surface area contributed by atoms with Crippen molar-refractivity contribution in [2.24, 2.45) is 0 Å². The van der Waals surface area contributed by atoms with E-state index in [1.54, 1.807) is 0 Å². The van der Waals surface area contributed by atoms with E-state index >= 15 is 0 Å². The maximum Gasteiger partial charge on any atom is 0.182 e. The van der Waals surface area contributed by atoms with E-state index in [0.717, 1.165) is 44.2 Å². The van der Waals surface area contributed by atoms with Gasteiger partial charge in [-0.1, -0.05) is 84.9 Å². The Morgan fingerprint density at radius 3 is 1.68 bits per heavy atom. The standard InChI is InChI=1S/C28H24O3/c29-17-15-19-7-11-22(12-8-19)28(23-13-9-20(10-14-23)16-18-30)25-6-2-4-21-3-1-5-24(26(21)25)27(28)31/h1-14,29-30H,15-18H2. The lowest BCUT2D eigenvalue weighted by Crippen LogP contribution is -2.35. The van der Waals surface area contributed by atoms with Crippen molar-refractivity contribution in [1.82, 2.24) is 0 Å². The lowest BCUT2D eigenvalue weighted by molar-refractivity contribution is 0.0945. The van der Waals surface area contributed by atoms with E-state index in [9.17, 15) is 15.0 Å². The van der Waals surface area contributed by atoms with Crippen LogP contribution in [0.5, 0.6) is 0 Å². The van der Waals surface area contributed by atoms with Crippen LogP contribution in [-0.4, -0.2) is 29.2 Å². The molecule has 0 aliphatic heterocycles. The Kier molecular flexibility index (Phi) is 4.93. The number of carbonyl (C=O) groups is 1. The number of ketones is 1. The van der Waals surface area contributed by atoms with Crippen LogP contribution in [-0.2, 0) is 18.3 Å². The molecule has 0 heterocycles. The largest absolute Gasteiger partial charge is 0.396 e. The van der Waals surface area contributed by atoms with E-state index in [4.69, 9.17) is 0 Å². The van der Waals surface area contributed by atoms with Gasteiger partial charge in [-0.25, -0.2) is 0 Å². The molecular weight excluding hydrogens is 384 g/mol. The van der Waals surface area contributed by atoms with Gasteiger partial charge in [0.05, 0.1) is 0 Å². The number of rotatable bonds is 6. The molecule has 0 fully saturated rings. The third kappa shape index (κ3) is 2.93. The quantitative estimate of drug-likeness (QED) is 0.496. The first-order chi connectivity index (χ1) is 15.2. The van der Waals surface area contributed by atoms with E-state index in [2.05, 4.69) is 18.2 Å². The molecule has 0 unspecified atom stereocenters. The lowest BCUT2D eigenvalue weighted by atomic mass is 9.68. The van der Waals surface area contributed by atoms with Crippen LogP contribution >= 0.6 is 0 Å². The maximum absolute atomic E-state index is 14.1. The van der Waals surface area contributed by atoms with Gasteiger partial charge in [-0.2, -0.15) is 0 Å². The van der Waals surface area contributed by atoms with Crippen molar-refractivity contribution in [3.05, 3.63) is 118 Å². The lowest BCUT2D eigenvalue weighted by Gasteiger charge is -2.31. The molecule has 5 rings (SSSR count). The highest BCUT2D eigenvalue weighted by molar-refractivity contribution is 6.23. The first-order valence-electron chi connectivity index (χ1n) is 10.7. The molecule has 0 aromatic heterocycles. The van der Waals surface area contributed by atoms with Gasteiger partial charge in [0.1, 0.15) is 5.41 Å². The monoisotopic (exact) mass is 408 g/mol. The van der Waals surface area contributed by atoms with Crippen molar-refractivity contribution >= 4 is 16.6 Å². The fraction of sp³-hybridized carbons (Fsp3) is 0.179. The molecule has 4 aromatic carbocycles. The molecule has 1 aliphatic rings. The summed E-state index contributed by atoms with van der Waals surface area (Å²) in [5, 5.41) is 20.7. The molecule has 0 spiro atoms. The highest BCUT2D eigenvalue weighted by Gasteiger charge is 2.49. The molecule has 0 amide bonds. The van der Waals surface area contributed by atoms with Gasteiger partial charge in [0.15, 0.2) is 5.78 Å². The number of aliphatic hydroxyl groups is 2. The SMILES string of the molecule is O=C1c2cccc3cccc(c23)C1(c1ccc(CCO)cc1)c1ccc(CCO)cc1. The Labute approximate surface area is 181 Å². The molecule has 0 saturated heterocycles. The van der Waals surface area contributed by atoms with Crippen molar-refractivity contribution in [1.29, 1.82) is 0 Å². The summed E-state index contributed by atoms with van der Waals surface area (Å²) in [6.07, 6.45) is 1.18. The normalized spacial score (nSPS) is 14.3. The molecular formula is C28H24O3. The molecule has 2 N–H and O–H groups in total. The molecule has 154 valence electrons. The fourth-order valence-electron chi connectivity index (χ4n) is 5.01. The molecule has 0 bridgehead atoms. The third-order valence-corrected chi connectivity index (χ3v) is 6.47. The molecule has 31 heavy (non-hydrogen) atoms. The van der Waals surface area contributed by atoms with Crippen LogP contribution in [0.2, 0.25) is 0 Å². The van der Waals surface area contributed by atoms with Gasteiger partial charge in [-0.15, -0.1) is 0 Å². The minimum atomic E-state index is -0.918. The van der Waals surface area contributed by atoms with Crippen LogP contribution in [0.3, 0.4) is 0 Å². The van der Waals surface area contributed by atoms with E-state index in [1.165, 1.54) is 0 Å². The number of carbonyl (C=O) groups excluding carboxylic acids is 1. The van der Waals surface area contributed by atoms with Gasteiger partial charge in [-0.05, 0) is 51.4 Å². The van der Waals surface area contributed by atoms with Gasteiger partial charge in [0.2, 0.25) is 0 Å². The number of hydrogen-bond acceptors (Lipinski definition) is 3. The summed E-state index contributed by atoms with van der Waals surface area (Å²) in [6, 6.07) is 28.2. The first-order valence-corrected chi connectivity index (χ1v) is 10.7. The predicted octanol–water partition coefficient (Wildman–Crippen LogP) is 4.44. The van der Waals surface area contributed by atoms with Gasteiger partial charge in [0.25, 0.3) is 0 Å². The Hall–Kier alpha value is -3.27. The van der Waals surface area contributed by atoms with E-state index in [-0.39, 0.29) is 19.0 Å². The van der Waals surface area contributed by atoms with Gasteiger partial charge in [0, 0.05) is 18.8 Å². The average molecular weight is 408 g/mol. The summed E-state index contributed by atoms with van der Waals surface area (Å²) in [4.78, 5) is 14.1. The maximum atomic E-state index is 14.1. The van der Waals surface area contributed by atoms with Gasteiger partial charge in [-0.3, -0.25) is 4.79 Å². The summed E-state index contributed by atoms with van der Waals surface area (Å²) in [6.45, 7) is 0.195. The van der Waals surface area contributed by atoms with Crippen LogP contribution in [0.4, 0.5) is 0 Å². The smallest absolute Gasteiger partial charge is 0.182 e. The zero-order chi connectivity index (χ0) is 21.4. The van der Waals surface area contributed by atoms with Crippen molar-refractivity contribution in [2.45, 2.75) is 18.3 Å². The molecule has 0 atom stereocenters. The second-order valence-corrected chi connectivity index (χ2v) is 8.13. The van der Waals surface area contributed by atoms with E-state index in [1.807, 2.05) is 66.7 Å². The Balaban J connectivity index is 1.79. The highest BCUT2D eigenvalue weighted by atomic mass is 16.3. The molecule has 0 saturated carbocycles. The van der Waals surface area contributed by atoms with E-state index in [0.29, 0.717) is 12.8 Å². The summed E-state index contributed by atoms with van der Waals surface area (Å²) in [7, 11) is 0. The molecule has 4 aromatic rings. The van der Waals surface area contributed by atoms with Gasteiger partial charge >= 0.3 is 0 Å². The fourth-order valence-corrected chi connectivity index (χ4v) is 5.01. The van der Waals surface area contributed by atoms with Crippen molar-refractivity contribution < 1.29 is 15.0 Å². The minimum Gasteiger partial charge on any atom is -0.396 e. The zero-order valence-electron chi connectivity index (χ0n) is 17.2. The molecule has 3 nitrogen and oxygen atoms in total. The number of aliphatic hydroxyl groups excluding tert-OH is 2. The first kappa shape index (κ1) is 19.7. The summed E-state index contributed by atoms with van der Waals surface area (Å²) < 4.78 is 0. The zero-order valence-corrected chi connectivity index (χ0v) is 17.2. The predicted molar refractivity (Wildman–Crippen MR) is 123 cm³/mol. The van der Waals surface area contributed by atoms with Crippen molar-refractivity contribution in [3.63, 3.8) is 0 Å². The van der Waals surface area contributed by atoms with Crippen LogP contribution < -0.4 is 0 Å². The topological polar surface area (TPSA) is 57.5 Å². The highest BCUT2D eigenvalue weighted by Crippen LogP contribution is 2.50. The minimum absolute atomic E-state index is 0.0871. The summed E-state index contributed by atoms with van der Waals surface area (Å²) >= 11 is 0. The van der Waals surface area contributed by atoms with Crippen LogP contribution in [0.15, 0.2) is 84.9 Å². The average Bonchev–Trinajstić information content (AvgIpc) is 3.06. The Morgan fingerprint density at radius 2 is 1.16 bits per heavy atom. The number of benzene rings is 4. The molecule has 0 radical (unpaired) electrons. The number of Topliss-reactive ketones (excluding diaryl/α,β-unsaturated/α-hetero) is 1. The van der Waals surface area contributed by atoms with Crippen LogP contribution in [0, 0.1) is 0 Å². The third-order valence-electron chi connectivity index (χ3n) is 6.47. The van der Waals surface area contributed by atoms with Crippen molar-refractivity contribution in [2.75, 3.05) is 13.2 Å². The summed E-state index contributed by atoms with van der Waals surface area (Å²) in [5.74, 6) is 0.0871. The molecule has 3 heteroatoms.